The van der Waals surface area contributed by atoms with Crippen molar-refractivity contribution in [2.45, 2.75) is 19.4 Å². The van der Waals surface area contributed by atoms with Gasteiger partial charge in [0.05, 0.1) is 29.5 Å². The van der Waals surface area contributed by atoms with Crippen LogP contribution in [0.4, 0.5) is 0 Å². The van der Waals surface area contributed by atoms with Crippen LogP contribution in [-0.2, 0) is 11.3 Å². The third-order valence-corrected chi connectivity index (χ3v) is 5.66. The van der Waals surface area contributed by atoms with E-state index in [0.717, 1.165) is 13.0 Å². The van der Waals surface area contributed by atoms with Gasteiger partial charge in [0.15, 0.2) is 0 Å². The van der Waals surface area contributed by atoms with Crippen molar-refractivity contribution >= 4 is 16.9 Å². The van der Waals surface area contributed by atoms with Crippen molar-refractivity contribution in [1.82, 2.24) is 4.90 Å². The van der Waals surface area contributed by atoms with Crippen molar-refractivity contribution in [3.05, 3.63) is 58.4 Å². The van der Waals surface area contributed by atoms with Gasteiger partial charge < -0.3 is 19.4 Å². The van der Waals surface area contributed by atoms with Crippen LogP contribution in [0.25, 0.3) is 22.1 Å². The maximum atomic E-state index is 13.1. The maximum Gasteiger partial charge on any atom is 0.307 e. The molecule has 1 saturated heterocycles. The molecule has 0 aliphatic carbocycles. The molecule has 0 saturated carbocycles. The SMILES string of the molecule is COc1ccc(-c2coc3c(CN4CCCC(C(=O)O)C4)c(O)ccc3c2=O)cc1. The number of phenolic OH excluding ortho intramolecular Hbond substituents is 1. The Labute approximate surface area is 173 Å². The van der Waals surface area contributed by atoms with Crippen LogP contribution in [0.5, 0.6) is 11.5 Å². The Bertz CT molecular complexity index is 1130. The van der Waals surface area contributed by atoms with E-state index in [1.165, 1.54) is 12.3 Å². The Balaban J connectivity index is 1.71. The standard InChI is InChI=1S/C23H23NO6/c1-29-16-6-4-14(5-7-16)19-13-30-22-17(21(19)26)8-9-20(25)18(22)12-24-10-2-3-15(11-24)23(27)28/h4-9,13,15,25H,2-3,10-12H2,1H3,(H,27,28). The predicted octanol–water partition coefficient (Wildman–Crippen LogP) is 3.47. The molecule has 0 amide bonds. The molecule has 1 fully saturated rings. The first-order valence-electron chi connectivity index (χ1n) is 9.84. The number of nitrogens with zero attached hydrogens (tertiary/aromatic N) is 1. The van der Waals surface area contributed by atoms with Crippen LogP contribution in [0.15, 0.2) is 51.9 Å². The van der Waals surface area contributed by atoms with Crippen LogP contribution in [0.3, 0.4) is 0 Å². The fraction of sp³-hybridized carbons (Fsp3) is 0.304. The molecule has 1 unspecified atom stereocenters. The van der Waals surface area contributed by atoms with Gasteiger partial charge in [-0.05, 0) is 49.2 Å². The highest BCUT2D eigenvalue weighted by Crippen LogP contribution is 2.30. The van der Waals surface area contributed by atoms with Crippen LogP contribution in [0.2, 0.25) is 0 Å². The number of likely N-dealkylation sites (tertiary alicyclic amines) is 1. The van der Waals surface area contributed by atoms with Crippen molar-refractivity contribution in [3.63, 3.8) is 0 Å². The van der Waals surface area contributed by atoms with Gasteiger partial charge in [-0.25, -0.2) is 0 Å². The van der Waals surface area contributed by atoms with E-state index in [4.69, 9.17) is 9.15 Å². The quantitative estimate of drug-likeness (QED) is 0.665. The molecule has 3 aromatic rings. The van der Waals surface area contributed by atoms with E-state index in [-0.39, 0.29) is 11.2 Å². The highest BCUT2D eigenvalue weighted by Gasteiger charge is 2.27. The molecule has 4 rings (SSSR count). The number of methoxy groups -OCH3 is 1. The number of aliphatic carboxylic acids is 1. The molecule has 0 bridgehead atoms. The molecule has 1 aliphatic rings. The van der Waals surface area contributed by atoms with E-state index >= 15 is 0 Å². The Morgan fingerprint density at radius 2 is 2.00 bits per heavy atom. The first-order chi connectivity index (χ1) is 14.5. The van der Waals surface area contributed by atoms with Gasteiger partial charge in [0.25, 0.3) is 0 Å². The molecule has 2 heterocycles. The second-order valence-corrected chi connectivity index (χ2v) is 7.56. The number of rotatable bonds is 5. The van der Waals surface area contributed by atoms with Gasteiger partial charge in [0.2, 0.25) is 5.43 Å². The molecule has 2 aromatic carbocycles. The molecule has 1 aliphatic heterocycles. The first kappa shape index (κ1) is 20.0. The largest absolute Gasteiger partial charge is 0.507 e. The van der Waals surface area contributed by atoms with Crippen LogP contribution in [0.1, 0.15) is 18.4 Å². The number of aromatic hydroxyl groups is 1. The van der Waals surface area contributed by atoms with Gasteiger partial charge in [-0.3, -0.25) is 14.5 Å². The van der Waals surface area contributed by atoms with Gasteiger partial charge in [0.1, 0.15) is 23.3 Å². The Morgan fingerprint density at radius 3 is 2.70 bits per heavy atom. The van der Waals surface area contributed by atoms with Crippen LogP contribution >= 0.6 is 0 Å². The molecule has 0 spiro atoms. The number of fused-ring (bicyclic) bond motifs is 1. The summed E-state index contributed by atoms with van der Waals surface area (Å²) in [4.78, 5) is 26.4. The molecule has 2 N–H and O–H groups in total. The van der Waals surface area contributed by atoms with E-state index in [1.807, 2.05) is 4.90 Å². The van der Waals surface area contributed by atoms with Gasteiger partial charge in [-0.2, -0.15) is 0 Å². The van der Waals surface area contributed by atoms with Crippen molar-refractivity contribution < 1.29 is 24.2 Å². The summed E-state index contributed by atoms with van der Waals surface area (Å²) in [6, 6.07) is 10.2. The van der Waals surface area contributed by atoms with Gasteiger partial charge in [-0.15, -0.1) is 0 Å². The van der Waals surface area contributed by atoms with Crippen LogP contribution < -0.4 is 10.2 Å². The molecular weight excluding hydrogens is 386 g/mol. The number of hydrogen-bond acceptors (Lipinski definition) is 6. The number of carboxylic acid groups (broad SMARTS) is 1. The molecule has 0 radical (unpaired) electrons. The van der Waals surface area contributed by atoms with E-state index in [0.29, 0.717) is 52.9 Å². The minimum Gasteiger partial charge on any atom is -0.507 e. The highest BCUT2D eigenvalue weighted by atomic mass is 16.5. The Kier molecular flexibility index (Phi) is 5.46. The van der Waals surface area contributed by atoms with Crippen LogP contribution in [0, 0.1) is 5.92 Å². The zero-order valence-electron chi connectivity index (χ0n) is 16.6. The average molecular weight is 409 g/mol. The maximum absolute atomic E-state index is 13.1. The third-order valence-electron chi connectivity index (χ3n) is 5.66. The lowest BCUT2D eigenvalue weighted by Gasteiger charge is -2.30. The lowest BCUT2D eigenvalue weighted by atomic mass is 9.97. The third kappa shape index (κ3) is 3.76. The summed E-state index contributed by atoms with van der Waals surface area (Å²) in [6.45, 7) is 1.45. The number of benzene rings is 2. The zero-order valence-corrected chi connectivity index (χ0v) is 16.6. The Morgan fingerprint density at radius 1 is 1.23 bits per heavy atom. The summed E-state index contributed by atoms with van der Waals surface area (Å²) < 4.78 is 11.0. The first-order valence-corrected chi connectivity index (χ1v) is 9.84. The normalized spacial score (nSPS) is 17.2. The number of phenols is 1. The van der Waals surface area contributed by atoms with E-state index < -0.39 is 11.9 Å². The molecule has 30 heavy (non-hydrogen) atoms. The summed E-state index contributed by atoms with van der Waals surface area (Å²) in [6.07, 6.45) is 2.83. The number of hydrogen-bond donors (Lipinski definition) is 2. The van der Waals surface area contributed by atoms with Crippen molar-refractivity contribution in [2.75, 3.05) is 20.2 Å². The number of piperidine rings is 1. The molecule has 7 nitrogen and oxygen atoms in total. The van der Waals surface area contributed by atoms with Crippen molar-refractivity contribution in [3.8, 4) is 22.6 Å². The fourth-order valence-electron chi connectivity index (χ4n) is 3.99. The minimum atomic E-state index is -0.808. The van der Waals surface area contributed by atoms with Crippen LogP contribution in [-0.4, -0.2) is 41.3 Å². The smallest absolute Gasteiger partial charge is 0.307 e. The van der Waals surface area contributed by atoms with Crippen molar-refractivity contribution in [1.29, 1.82) is 0 Å². The van der Waals surface area contributed by atoms with Gasteiger partial charge >= 0.3 is 5.97 Å². The second-order valence-electron chi connectivity index (χ2n) is 7.56. The fourth-order valence-corrected chi connectivity index (χ4v) is 3.99. The molecule has 1 aromatic heterocycles. The van der Waals surface area contributed by atoms with Gasteiger partial charge in [-0.1, -0.05) is 12.1 Å². The zero-order chi connectivity index (χ0) is 21.3. The summed E-state index contributed by atoms with van der Waals surface area (Å²) in [7, 11) is 1.58. The molecule has 1 atom stereocenters. The van der Waals surface area contributed by atoms with E-state index in [2.05, 4.69) is 0 Å². The lowest BCUT2D eigenvalue weighted by molar-refractivity contribution is -0.143. The summed E-state index contributed by atoms with van der Waals surface area (Å²) in [5.74, 6) is -0.514. The second kappa shape index (κ2) is 8.20. The van der Waals surface area contributed by atoms with E-state index in [1.54, 1.807) is 37.4 Å². The predicted molar refractivity (Wildman–Crippen MR) is 112 cm³/mol. The highest BCUT2D eigenvalue weighted by molar-refractivity contribution is 5.85. The lowest BCUT2D eigenvalue weighted by Crippen LogP contribution is -2.38. The monoisotopic (exact) mass is 409 g/mol. The summed E-state index contributed by atoms with van der Waals surface area (Å²) in [5.41, 5.74) is 1.77. The van der Waals surface area contributed by atoms with Gasteiger partial charge in [0, 0.05) is 13.1 Å². The minimum absolute atomic E-state index is 0.0281. The number of ether oxygens (including phenoxy) is 1. The topological polar surface area (TPSA) is 100 Å². The number of carboxylic acids is 1. The molecule has 156 valence electrons. The molecular formula is C23H23NO6. The number of carbonyl (C=O) groups is 1. The summed E-state index contributed by atoms with van der Waals surface area (Å²) >= 11 is 0. The molecule has 7 heteroatoms. The summed E-state index contributed by atoms with van der Waals surface area (Å²) in [5, 5.41) is 20.1. The van der Waals surface area contributed by atoms with E-state index in [9.17, 15) is 19.8 Å². The Hall–Kier alpha value is -3.32. The average Bonchev–Trinajstić information content (AvgIpc) is 2.76. The van der Waals surface area contributed by atoms with Crippen molar-refractivity contribution in [2.24, 2.45) is 5.92 Å².